The van der Waals surface area contributed by atoms with E-state index in [9.17, 15) is 14.9 Å². The molecule has 2 aromatic carbocycles. The van der Waals surface area contributed by atoms with Crippen LogP contribution in [0.1, 0.15) is 15.9 Å². The number of nitro groups is 1. The van der Waals surface area contributed by atoms with E-state index in [4.69, 9.17) is 4.74 Å². The first-order valence-electron chi connectivity index (χ1n) is 9.07. The van der Waals surface area contributed by atoms with Crippen LogP contribution < -0.4 is 4.74 Å². The molecule has 0 fully saturated rings. The Hall–Kier alpha value is -3.65. The largest absolute Gasteiger partial charge is 0.423 e. The highest BCUT2D eigenvalue weighted by molar-refractivity contribution is 7.97. The van der Waals surface area contributed by atoms with Gasteiger partial charge in [-0.1, -0.05) is 12.1 Å². The van der Waals surface area contributed by atoms with Gasteiger partial charge in [-0.25, -0.2) is 9.78 Å². The molecule has 8 heteroatoms. The molecule has 0 saturated carbocycles. The number of pyridine rings is 1. The molecule has 4 rings (SSSR count). The summed E-state index contributed by atoms with van der Waals surface area (Å²) >= 11 is 1.72. The molecule has 0 saturated heterocycles. The smallest absolute Gasteiger partial charge is 0.343 e. The first-order valence-corrected chi connectivity index (χ1v) is 10.5. The van der Waals surface area contributed by atoms with E-state index >= 15 is 0 Å². The molecule has 30 heavy (non-hydrogen) atoms. The van der Waals surface area contributed by atoms with Crippen LogP contribution in [0.15, 0.2) is 73.1 Å². The number of rotatable bonds is 6. The van der Waals surface area contributed by atoms with Crippen molar-refractivity contribution in [1.29, 1.82) is 0 Å². The monoisotopic (exact) mass is 419 g/mol. The number of hydrogen-bond acceptors (Lipinski definition) is 6. The van der Waals surface area contributed by atoms with Crippen LogP contribution in [0.4, 0.5) is 5.69 Å². The average molecular weight is 419 g/mol. The number of thioether (sulfide) groups is 1. The third kappa shape index (κ3) is 4.18. The summed E-state index contributed by atoms with van der Waals surface area (Å²) in [6.45, 7) is 0. The van der Waals surface area contributed by atoms with Gasteiger partial charge in [0, 0.05) is 23.6 Å². The number of imidazole rings is 1. The van der Waals surface area contributed by atoms with Gasteiger partial charge in [0.05, 0.1) is 22.4 Å². The standard InChI is InChI=1S/C22H17N3O4S/c1-30-14-15-2-4-17(5-3-15)22(26)29-19-9-6-16(7-10-19)20-13-24-12-18(25(27)28)8-11-21(24)23-20/h2-13H,14H2,1H3. The van der Waals surface area contributed by atoms with Crippen LogP contribution >= 0.6 is 11.8 Å². The first-order chi connectivity index (χ1) is 14.5. The Morgan fingerprint density at radius 1 is 1.07 bits per heavy atom. The Kier molecular flexibility index (Phi) is 5.49. The van der Waals surface area contributed by atoms with Crippen molar-refractivity contribution in [3.8, 4) is 17.0 Å². The van der Waals surface area contributed by atoms with Gasteiger partial charge in [0.1, 0.15) is 11.4 Å². The van der Waals surface area contributed by atoms with E-state index < -0.39 is 10.9 Å². The van der Waals surface area contributed by atoms with Crippen LogP contribution in [0.5, 0.6) is 5.75 Å². The van der Waals surface area contributed by atoms with Crippen LogP contribution in [0.25, 0.3) is 16.9 Å². The number of esters is 1. The van der Waals surface area contributed by atoms with Crippen LogP contribution in [0.3, 0.4) is 0 Å². The Bertz CT molecular complexity index is 1220. The second-order valence-electron chi connectivity index (χ2n) is 6.58. The average Bonchev–Trinajstić information content (AvgIpc) is 3.18. The van der Waals surface area contributed by atoms with Gasteiger partial charge >= 0.3 is 5.97 Å². The zero-order valence-corrected chi connectivity index (χ0v) is 16.8. The molecule has 0 aliphatic heterocycles. The van der Waals surface area contributed by atoms with Crippen molar-refractivity contribution in [3.05, 3.63) is 94.3 Å². The number of benzene rings is 2. The molecule has 0 atom stereocenters. The summed E-state index contributed by atoms with van der Waals surface area (Å²) in [6, 6.07) is 17.4. The third-order valence-electron chi connectivity index (χ3n) is 4.51. The Morgan fingerprint density at radius 2 is 1.80 bits per heavy atom. The van der Waals surface area contributed by atoms with Gasteiger partial charge in [-0.05, 0) is 54.3 Å². The van der Waals surface area contributed by atoms with Gasteiger partial charge < -0.3 is 4.74 Å². The zero-order chi connectivity index (χ0) is 21.1. The van der Waals surface area contributed by atoms with Gasteiger partial charge in [-0.3, -0.25) is 14.5 Å². The fourth-order valence-corrected chi connectivity index (χ4v) is 3.52. The minimum absolute atomic E-state index is 0.00445. The maximum Gasteiger partial charge on any atom is 0.343 e. The summed E-state index contributed by atoms with van der Waals surface area (Å²) in [6.07, 6.45) is 5.17. The molecular weight excluding hydrogens is 402 g/mol. The van der Waals surface area contributed by atoms with Gasteiger partial charge in [-0.2, -0.15) is 11.8 Å². The number of fused-ring (bicyclic) bond motifs is 1. The summed E-state index contributed by atoms with van der Waals surface area (Å²) in [5.41, 5.74) is 3.72. The van der Waals surface area contributed by atoms with Gasteiger partial charge in [0.25, 0.3) is 5.69 Å². The summed E-state index contributed by atoms with van der Waals surface area (Å²) in [5, 5.41) is 10.9. The molecule has 0 spiro atoms. The minimum atomic E-state index is -0.446. The van der Waals surface area contributed by atoms with Crippen LogP contribution in [0.2, 0.25) is 0 Å². The van der Waals surface area contributed by atoms with Crippen LogP contribution in [-0.2, 0) is 5.75 Å². The number of hydrogen-bond donors (Lipinski definition) is 0. The van der Waals surface area contributed by atoms with Crippen LogP contribution in [0, 0.1) is 10.1 Å². The summed E-state index contributed by atoms with van der Waals surface area (Å²) in [4.78, 5) is 27.3. The Balaban J connectivity index is 1.49. The van der Waals surface area contributed by atoms with Crippen molar-refractivity contribution in [2.75, 3.05) is 6.26 Å². The van der Waals surface area contributed by atoms with E-state index in [2.05, 4.69) is 4.98 Å². The lowest BCUT2D eigenvalue weighted by atomic mass is 10.1. The second-order valence-corrected chi connectivity index (χ2v) is 7.45. The molecule has 0 unspecified atom stereocenters. The molecule has 7 nitrogen and oxygen atoms in total. The van der Waals surface area contributed by atoms with Crippen molar-refractivity contribution < 1.29 is 14.5 Å². The molecule has 0 amide bonds. The summed E-state index contributed by atoms with van der Waals surface area (Å²) < 4.78 is 7.06. The fourth-order valence-electron chi connectivity index (χ4n) is 2.99. The van der Waals surface area contributed by atoms with E-state index in [0.29, 0.717) is 22.7 Å². The molecule has 0 bridgehead atoms. The normalized spacial score (nSPS) is 10.8. The highest BCUT2D eigenvalue weighted by Gasteiger charge is 2.11. The van der Waals surface area contributed by atoms with Crippen molar-refractivity contribution >= 4 is 29.1 Å². The Labute approximate surface area is 176 Å². The fraction of sp³-hybridized carbons (Fsp3) is 0.0909. The SMILES string of the molecule is CSCc1ccc(C(=O)Oc2ccc(-c3cn4cc([N+](=O)[O-])ccc4n3)cc2)cc1. The lowest BCUT2D eigenvalue weighted by molar-refractivity contribution is -0.385. The van der Waals surface area contributed by atoms with E-state index in [0.717, 1.165) is 16.9 Å². The molecule has 0 aliphatic carbocycles. The molecule has 4 aromatic rings. The topological polar surface area (TPSA) is 86.7 Å². The highest BCUT2D eigenvalue weighted by Crippen LogP contribution is 2.24. The molecule has 150 valence electrons. The second kappa shape index (κ2) is 8.38. The van der Waals surface area contributed by atoms with E-state index in [1.165, 1.54) is 12.3 Å². The van der Waals surface area contributed by atoms with Crippen molar-refractivity contribution in [1.82, 2.24) is 9.38 Å². The molecule has 2 aromatic heterocycles. The summed E-state index contributed by atoms with van der Waals surface area (Å²) in [5.74, 6) is 0.905. The van der Waals surface area contributed by atoms with Crippen LogP contribution in [-0.4, -0.2) is 26.5 Å². The van der Waals surface area contributed by atoms with Gasteiger partial charge in [0.2, 0.25) is 0 Å². The number of aromatic nitrogens is 2. The van der Waals surface area contributed by atoms with Crippen molar-refractivity contribution in [2.24, 2.45) is 0 Å². The Morgan fingerprint density at radius 3 is 2.47 bits per heavy atom. The molecule has 0 radical (unpaired) electrons. The predicted molar refractivity (Wildman–Crippen MR) is 116 cm³/mol. The van der Waals surface area contributed by atoms with Gasteiger partial charge in [0.15, 0.2) is 0 Å². The highest BCUT2D eigenvalue weighted by atomic mass is 32.2. The van der Waals surface area contributed by atoms with E-state index in [1.807, 2.05) is 18.4 Å². The van der Waals surface area contributed by atoms with E-state index in [-0.39, 0.29) is 5.69 Å². The number of ether oxygens (including phenoxy) is 1. The number of carbonyl (C=O) groups is 1. The quantitative estimate of drug-likeness (QED) is 0.189. The van der Waals surface area contributed by atoms with Crippen molar-refractivity contribution in [3.63, 3.8) is 0 Å². The van der Waals surface area contributed by atoms with E-state index in [1.54, 1.807) is 64.8 Å². The number of carbonyl (C=O) groups excluding carboxylic acids is 1. The maximum absolute atomic E-state index is 12.3. The lowest BCUT2D eigenvalue weighted by Gasteiger charge is -2.06. The van der Waals surface area contributed by atoms with Gasteiger partial charge in [-0.15, -0.1) is 0 Å². The first kappa shape index (κ1) is 19.7. The lowest BCUT2D eigenvalue weighted by Crippen LogP contribution is -2.08. The zero-order valence-electron chi connectivity index (χ0n) is 16.0. The summed E-state index contributed by atoms with van der Waals surface area (Å²) in [7, 11) is 0. The molecular formula is C22H17N3O4S. The van der Waals surface area contributed by atoms with Crippen molar-refractivity contribution in [2.45, 2.75) is 5.75 Å². The maximum atomic E-state index is 12.3. The molecule has 0 aliphatic rings. The third-order valence-corrected chi connectivity index (χ3v) is 5.13. The molecule has 0 N–H and O–H groups in total. The predicted octanol–water partition coefficient (Wildman–Crippen LogP) is 4.99. The minimum Gasteiger partial charge on any atom is -0.423 e. The number of nitrogens with zero attached hydrogens (tertiary/aromatic N) is 3. The molecule has 2 heterocycles.